The van der Waals surface area contributed by atoms with E-state index in [0.717, 1.165) is 31.7 Å². The zero-order valence-electron chi connectivity index (χ0n) is 11.2. The van der Waals surface area contributed by atoms with Crippen LogP contribution in [0, 0.1) is 5.82 Å². The molecule has 1 unspecified atom stereocenters. The number of benzene rings is 1. The largest absolute Gasteiger partial charge is 0.367 e. The van der Waals surface area contributed by atoms with E-state index in [0.29, 0.717) is 11.6 Å². The lowest BCUT2D eigenvalue weighted by atomic mass is 10.1. The molecule has 0 radical (unpaired) electrons. The van der Waals surface area contributed by atoms with Gasteiger partial charge >= 0.3 is 0 Å². The van der Waals surface area contributed by atoms with Gasteiger partial charge in [0, 0.05) is 36.9 Å². The monoisotopic (exact) mass is 251 g/mol. The van der Waals surface area contributed by atoms with Gasteiger partial charge in [0.25, 0.3) is 0 Å². The Balaban J connectivity index is 2.32. The van der Waals surface area contributed by atoms with Crippen molar-refractivity contribution in [3.8, 4) is 0 Å². The van der Waals surface area contributed by atoms with Crippen molar-refractivity contribution < 1.29 is 4.39 Å². The maximum atomic E-state index is 13.8. The zero-order chi connectivity index (χ0) is 13.1. The molecule has 1 fully saturated rings. The lowest BCUT2D eigenvalue weighted by Gasteiger charge is -2.31. The minimum Gasteiger partial charge on any atom is -0.367 e. The summed E-state index contributed by atoms with van der Waals surface area (Å²) in [5.41, 5.74) is 7.28. The molecule has 0 amide bonds. The number of likely N-dealkylation sites (N-methyl/N-ethyl adjacent to an activating group) is 1. The molecule has 18 heavy (non-hydrogen) atoms. The molecule has 1 heterocycles. The number of anilines is 1. The standard InChI is InChI=1S/C14H22FN3/c1-11-10-17(2)7-4-8-18(11)14-6-3-5-13(15)12(14)9-16/h3,5-6,11H,4,7-10,16H2,1-2H3. The van der Waals surface area contributed by atoms with Gasteiger partial charge in [-0.3, -0.25) is 0 Å². The van der Waals surface area contributed by atoms with E-state index >= 15 is 0 Å². The predicted molar refractivity (Wildman–Crippen MR) is 73.2 cm³/mol. The van der Waals surface area contributed by atoms with Crippen LogP contribution in [0.1, 0.15) is 18.9 Å². The van der Waals surface area contributed by atoms with Crippen molar-refractivity contribution in [1.29, 1.82) is 0 Å². The summed E-state index contributed by atoms with van der Waals surface area (Å²) in [4.78, 5) is 4.61. The fourth-order valence-corrected chi connectivity index (χ4v) is 2.75. The van der Waals surface area contributed by atoms with Crippen molar-refractivity contribution in [3.63, 3.8) is 0 Å². The van der Waals surface area contributed by atoms with Gasteiger partial charge in [0.1, 0.15) is 5.82 Å². The van der Waals surface area contributed by atoms with Crippen LogP contribution in [0.4, 0.5) is 10.1 Å². The van der Waals surface area contributed by atoms with Crippen molar-refractivity contribution in [3.05, 3.63) is 29.6 Å². The molecule has 1 aliphatic heterocycles. The Kier molecular flexibility index (Phi) is 4.19. The minimum atomic E-state index is -0.195. The highest BCUT2D eigenvalue weighted by Crippen LogP contribution is 2.26. The Bertz CT molecular complexity index is 408. The molecule has 0 aliphatic carbocycles. The van der Waals surface area contributed by atoms with Crippen LogP contribution in [-0.4, -0.2) is 37.6 Å². The first kappa shape index (κ1) is 13.3. The molecule has 3 nitrogen and oxygen atoms in total. The molecular weight excluding hydrogens is 229 g/mol. The predicted octanol–water partition coefficient (Wildman–Crippen LogP) is 1.81. The van der Waals surface area contributed by atoms with E-state index in [1.807, 2.05) is 6.07 Å². The number of hydrogen-bond acceptors (Lipinski definition) is 3. The van der Waals surface area contributed by atoms with Crippen LogP contribution in [0.5, 0.6) is 0 Å². The molecule has 2 rings (SSSR count). The molecule has 0 saturated carbocycles. The van der Waals surface area contributed by atoms with Gasteiger partial charge in [-0.15, -0.1) is 0 Å². The second kappa shape index (κ2) is 5.67. The third-order valence-corrected chi connectivity index (χ3v) is 3.65. The molecule has 1 aliphatic rings. The van der Waals surface area contributed by atoms with E-state index in [1.165, 1.54) is 6.07 Å². The van der Waals surface area contributed by atoms with Crippen LogP contribution >= 0.6 is 0 Å². The fraction of sp³-hybridized carbons (Fsp3) is 0.571. The Labute approximate surface area is 108 Å². The van der Waals surface area contributed by atoms with Gasteiger partial charge in [-0.2, -0.15) is 0 Å². The summed E-state index contributed by atoms with van der Waals surface area (Å²) in [7, 11) is 2.13. The summed E-state index contributed by atoms with van der Waals surface area (Å²) in [5, 5.41) is 0. The summed E-state index contributed by atoms with van der Waals surface area (Å²) in [6.45, 7) is 5.49. The van der Waals surface area contributed by atoms with Crippen LogP contribution < -0.4 is 10.6 Å². The van der Waals surface area contributed by atoms with Crippen molar-refractivity contribution in [2.75, 3.05) is 31.6 Å². The summed E-state index contributed by atoms with van der Waals surface area (Å²) >= 11 is 0. The minimum absolute atomic E-state index is 0.195. The summed E-state index contributed by atoms with van der Waals surface area (Å²) in [6, 6.07) is 5.61. The van der Waals surface area contributed by atoms with Crippen LogP contribution in [0.25, 0.3) is 0 Å². The van der Waals surface area contributed by atoms with E-state index in [1.54, 1.807) is 6.07 Å². The number of rotatable bonds is 2. The molecule has 0 bridgehead atoms. The van der Waals surface area contributed by atoms with Crippen LogP contribution in [0.3, 0.4) is 0 Å². The molecule has 1 saturated heterocycles. The number of nitrogens with two attached hydrogens (primary N) is 1. The van der Waals surface area contributed by atoms with Gasteiger partial charge in [0.15, 0.2) is 0 Å². The molecule has 1 aromatic rings. The lowest BCUT2D eigenvalue weighted by Crippen LogP contribution is -2.38. The molecule has 4 heteroatoms. The SMILES string of the molecule is CC1CN(C)CCCN1c1cccc(F)c1CN. The van der Waals surface area contributed by atoms with E-state index in [4.69, 9.17) is 5.73 Å². The van der Waals surface area contributed by atoms with Gasteiger partial charge in [-0.05, 0) is 39.1 Å². The topological polar surface area (TPSA) is 32.5 Å². The molecular formula is C14H22FN3. The Morgan fingerprint density at radius 2 is 2.17 bits per heavy atom. The molecule has 1 aromatic carbocycles. The van der Waals surface area contributed by atoms with E-state index in [2.05, 4.69) is 23.8 Å². The second-order valence-electron chi connectivity index (χ2n) is 5.10. The van der Waals surface area contributed by atoms with Crippen molar-refractivity contribution in [2.24, 2.45) is 5.73 Å². The normalized spacial score (nSPS) is 22.0. The van der Waals surface area contributed by atoms with Crippen LogP contribution in [0.2, 0.25) is 0 Å². The third kappa shape index (κ3) is 2.65. The van der Waals surface area contributed by atoms with Crippen LogP contribution in [-0.2, 0) is 6.54 Å². The maximum Gasteiger partial charge on any atom is 0.129 e. The quantitative estimate of drug-likeness (QED) is 0.870. The van der Waals surface area contributed by atoms with Crippen molar-refractivity contribution >= 4 is 5.69 Å². The second-order valence-corrected chi connectivity index (χ2v) is 5.10. The average Bonchev–Trinajstić information content (AvgIpc) is 2.49. The Morgan fingerprint density at radius 1 is 1.39 bits per heavy atom. The smallest absolute Gasteiger partial charge is 0.129 e. The zero-order valence-corrected chi connectivity index (χ0v) is 11.2. The van der Waals surface area contributed by atoms with E-state index in [-0.39, 0.29) is 12.4 Å². The first-order valence-electron chi connectivity index (χ1n) is 6.56. The molecule has 100 valence electrons. The third-order valence-electron chi connectivity index (χ3n) is 3.65. The first-order valence-corrected chi connectivity index (χ1v) is 6.56. The lowest BCUT2D eigenvalue weighted by molar-refractivity contribution is 0.337. The molecule has 0 spiro atoms. The van der Waals surface area contributed by atoms with Gasteiger partial charge < -0.3 is 15.5 Å². The summed E-state index contributed by atoms with van der Waals surface area (Å²) in [5.74, 6) is -0.195. The fourth-order valence-electron chi connectivity index (χ4n) is 2.75. The number of halogens is 1. The summed E-state index contributed by atoms with van der Waals surface area (Å²) < 4.78 is 13.8. The van der Waals surface area contributed by atoms with E-state index in [9.17, 15) is 4.39 Å². The van der Waals surface area contributed by atoms with Gasteiger partial charge in [0.2, 0.25) is 0 Å². The Hall–Kier alpha value is -1.13. The Morgan fingerprint density at radius 3 is 2.89 bits per heavy atom. The van der Waals surface area contributed by atoms with E-state index < -0.39 is 0 Å². The first-order chi connectivity index (χ1) is 8.63. The number of nitrogens with zero attached hydrogens (tertiary/aromatic N) is 2. The van der Waals surface area contributed by atoms with Gasteiger partial charge in [-0.1, -0.05) is 6.07 Å². The highest BCUT2D eigenvalue weighted by Gasteiger charge is 2.22. The summed E-state index contributed by atoms with van der Waals surface area (Å²) in [6.07, 6.45) is 1.10. The van der Waals surface area contributed by atoms with Crippen molar-refractivity contribution in [1.82, 2.24) is 4.90 Å². The van der Waals surface area contributed by atoms with Gasteiger partial charge in [0.05, 0.1) is 0 Å². The number of hydrogen-bond donors (Lipinski definition) is 1. The van der Waals surface area contributed by atoms with Crippen LogP contribution in [0.15, 0.2) is 18.2 Å². The maximum absolute atomic E-state index is 13.8. The molecule has 2 N–H and O–H groups in total. The van der Waals surface area contributed by atoms with Gasteiger partial charge in [-0.25, -0.2) is 4.39 Å². The van der Waals surface area contributed by atoms with Crippen molar-refractivity contribution in [2.45, 2.75) is 25.9 Å². The molecule has 1 atom stereocenters. The average molecular weight is 251 g/mol. The highest BCUT2D eigenvalue weighted by molar-refractivity contribution is 5.55. The highest BCUT2D eigenvalue weighted by atomic mass is 19.1. The molecule has 0 aromatic heterocycles.